The number of hydrogen-bond donors (Lipinski definition) is 2. The van der Waals surface area contributed by atoms with Crippen molar-refractivity contribution in [1.82, 2.24) is 20.1 Å². The largest absolute Gasteiger partial charge is 0.507 e. The molecule has 40 heavy (non-hydrogen) atoms. The van der Waals surface area contributed by atoms with Crippen LogP contribution in [0.2, 0.25) is 0 Å². The number of phenols is 1. The molecule has 1 aromatic carbocycles. The molecule has 1 saturated carbocycles. The first-order chi connectivity index (χ1) is 19.6. The van der Waals surface area contributed by atoms with Crippen molar-refractivity contribution in [3.05, 3.63) is 66.5 Å². The number of nitrogen functional groups attached to an aromatic ring is 1. The van der Waals surface area contributed by atoms with Crippen molar-refractivity contribution < 1.29 is 5.11 Å². The molecule has 2 aliphatic carbocycles. The zero-order valence-electron chi connectivity index (χ0n) is 22.4. The van der Waals surface area contributed by atoms with Crippen molar-refractivity contribution >= 4 is 17.2 Å². The van der Waals surface area contributed by atoms with Gasteiger partial charge < -0.3 is 20.6 Å². The number of piperidine rings is 1. The topological polar surface area (TPSA) is 94.6 Å². The summed E-state index contributed by atoms with van der Waals surface area (Å²) in [6, 6.07) is 14.9. The predicted molar refractivity (Wildman–Crippen MR) is 156 cm³/mol. The molecule has 2 aromatic heterocycles. The quantitative estimate of drug-likeness (QED) is 0.390. The van der Waals surface area contributed by atoms with Crippen LogP contribution < -0.4 is 15.5 Å². The molecular formula is C32H33N7O. The molecule has 0 amide bonds. The summed E-state index contributed by atoms with van der Waals surface area (Å²) in [6.45, 7) is 3.73. The van der Waals surface area contributed by atoms with Crippen LogP contribution in [0.15, 0.2) is 60.8 Å². The first-order valence-corrected chi connectivity index (χ1v) is 14.4. The number of nitrogens with two attached hydrogens (primary N) is 1. The van der Waals surface area contributed by atoms with Gasteiger partial charge in [-0.3, -0.25) is 4.90 Å². The Labute approximate surface area is 234 Å². The normalized spacial score (nSPS) is 29.7. The van der Waals surface area contributed by atoms with Crippen LogP contribution in [-0.2, 0) is 0 Å². The van der Waals surface area contributed by atoms with Crippen LogP contribution >= 0.6 is 0 Å². The first kappa shape index (κ1) is 23.8. The van der Waals surface area contributed by atoms with Gasteiger partial charge in [-0.2, -0.15) is 0 Å². The van der Waals surface area contributed by atoms with E-state index in [4.69, 9.17) is 5.73 Å². The molecule has 4 bridgehead atoms. The molecule has 3 saturated heterocycles. The molecule has 0 radical (unpaired) electrons. The van der Waals surface area contributed by atoms with E-state index < -0.39 is 0 Å². The smallest absolute Gasteiger partial charge is 0.169 e. The molecule has 6 atom stereocenters. The fourth-order valence-corrected chi connectivity index (χ4v) is 7.92. The molecule has 0 spiro atoms. The van der Waals surface area contributed by atoms with Crippen molar-refractivity contribution in [2.24, 2.45) is 17.8 Å². The number of benzene rings is 1. The third kappa shape index (κ3) is 3.83. The Balaban J connectivity index is 0.979. The summed E-state index contributed by atoms with van der Waals surface area (Å²) < 4.78 is 0. The van der Waals surface area contributed by atoms with Crippen LogP contribution in [0.3, 0.4) is 0 Å². The lowest BCUT2D eigenvalue weighted by molar-refractivity contribution is 0.155. The SMILES string of the molecule is Nc1nnc(-c2ccccc2O)cc1N1CC2CCC(C1)N2c1ccnc(C#CCN2C[C@@H]3C[C@H]2[C@H]2C=C[C@@H]32)c1. The minimum Gasteiger partial charge on any atom is -0.507 e. The van der Waals surface area contributed by atoms with Gasteiger partial charge in [0.15, 0.2) is 5.82 Å². The van der Waals surface area contributed by atoms with Gasteiger partial charge in [0.2, 0.25) is 0 Å². The molecule has 3 N–H and O–H groups in total. The van der Waals surface area contributed by atoms with E-state index in [9.17, 15) is 5.11 Å². The first-order valence-electron chi connectivity index (χ1n) is 14.4. The van der Waals surface area contributed by atoms with Gasteiger partial charge >= 0.3 is 0 Å². The van der Waals surface area contributed by atoms with Gasteiger partial charge in [-0.1, -0.05) is 30.2 Å². The van der Waals surface area contributed by atoms with Crippen molar-refractivity contribution in [3.63, 3.8) is 0 Å². The molecule has 5 aliphatic rings. The van der Waals surface area contributed by atoms with Crippen LogP contribution in [0.25, 0.3) is 11.3 Å². The van der Waals surface area contributed by atoms with Gasteiger partial charge in [0, 0.05) is 55.2 Å². The van der Waals surface area contributed by atoms with E-state index in [1.165, 1.54) is 18.7 Å². The van der Waals surface area contributed by atoms with Crippen molar-refractivity contribution in [2.45, 2.75) is 37.4 Å². The molecule has 2 unspecified atom stereocenters. The van der Waals surface area contributed by atoms with Gasteiger partial charge in [0.05, 0.1) is 17.9 Å². The summed E-state index contributed by atoms with van der Waals surface area (Å²) in [5.41, 5.74) is 10.5. The molecule has 8 heteroatoms. The maximum absolute atomic E-state index is 10.3. The van der Waals surface area contributed by atoms with Crippen molar-refractivity contribution in [1.29, 1.82) is 0 Å². The molecule has 5 heterocycles. The van der Waals surface area contributed by atoms with Crippen LogP contribution in [0, 0.1) is 29.6 Å². The minimum absolute atomic E-state index is 0.186. The van der Waals surface area contributed by atoms with Crippen LogP contribution in [0.1, 0.15) is 25.0 Å². The third-order valence-corrected chi connectivity index (χ3v) is 9.82. The number of hydrogen-bond acceptors (Lipinski definition) is 8. The van der Waals surface area contributed by atoms with Crippen LogP contribution in [0.5, 0.6) is 5.75 Å². The number of aromatic hydroxyl groups is 1. The fraction of sp³-hybridized carbons (Fsp3) is 0.406. The zero-order valence-corrected chi connectivity index (χ0v) is 22.4. The van der Waals surface area contributed by atoms with E-state index in [0.717, 1.165) is 61.6 Å². The highest BCUT2D eigenvalue weighted by Crippen LogP contribution is 2.52. The number of fused-ring (bicyclic) bond motifs is 7. The van der Waals surface area contributed by atoms with Gasteiger partial charge in [0.1, 0.15) is 11.4 Å². The van der Waals surface area contributed by atoms with Gasteiger partial charge in [0.25, 0.3) is 0 Å². The zero-order chi connectivity index (χ0) is 26.8. The Morgan fingerprint density at radius 2 is 1.80 bits per heavy atom. The average molecular weight is 532 g/mol. The van der Waals surface area contributed by atoms with E-state index in [0.29, 0.717) is 35.2 Å². The van der Waals surface area contributed by atoms with E-state index in [1.54, 1.807) is 12.1 Å². The van der Waals surface area contributed by atoms with E-state index in [2.05, 4.69) is 66.0 Å². The number of aromatic nitrogens is 3. The molecule has 202 valence electrons. The minimum atomic E-state index is 0.186. The van der Waals surface area contributed by atoms with Crippen molar-refractivity contribution in [3.8, 4) is 28.8 Å². The number of rotatable bonds is 4. The third-order valence-electron chi connectivity index (χ3n) is 9.82. The molecule has 3 aliphatic heterocycles. The van der Waals surface area contributed by atoms with Gasteiger partial charge in [-0.15, -0.1) is 10.2 Å². The maximum Gasteiger partial charge on any atom is 0.169 e. The summed E-state index contributed by atoms with van der Waals surface area (Å²) in [6.07, 6.45) is 10.3. The molecular weight excluding hydrogens is 498 g/mol. The highest BCUT2D eigenvalue weighted by atomic mass is 16.3. The summed E-state index contributed by atoms with van der Waals surface area (Å²) in [5.74, 6) is 9.85. The Morgan fingerprint density at radius 1 is 0.975 bits per heavy atom. The number of pyridine rings is 1. The average Bonchev–Trinajstić information content (AvgIpc) is 3.53. The predicted octanol–water partition coefficient (Wildman–Crippen LogP) is 3.54. The summed E-state index contributed by atoms with van der Waals surface area (Å²) in [5, 5.41) is 18.8. The lowest BCUT2D eigenvalue weighted by atomic mass is 9.77. The second kappa shape index (κ2) is 9.24. The summed E-state index contributed by atoms with van der Waals surface area (Å²) in [7, 11) is 0. The number of likely N-dealkylation sites (tertiary alicyclic amines) is 1. The van der Waals surface area contributed by atoms with Gasteiger partial charge in [-0.25, -0.2) is 4.98 Å². The number of anilines is 3. The number of allylic oxidation sites excluding steroid dienone is 1. The van der Waals surface area contributed by atoms with E-state index in [1.807, 2.05) is 24.4 Å². The Hall–Kier alpha value is -4.09. The summed E-state index contributed by atoms with van der Waals surface area (Å²) >= 11 is 0. The number of phenolic OH excluding ortho intramolecular Hbond substituents is 1. The molecule has 4 fully saturated rings. The lowest BCUT2D eigenvalue weighted by Gasteiger charge is -2.43. The Bertz CT molecular complexity index is 1550. The van der Waals surface area contributed by atoms with Crippen LogP contribution in [0.4, 0.5) is 17.2 Å². The highest BCUT2D eigenvalue weighted by molar-refractivity contribution is 5.74. The molecule has 3 aromatic rings. The molecule has 8 rings (SSSR count). The number of para-hydroxylation sites is 1. The van der Waals surface area contributed by atoms with Crippen molar-refractivity contribution in [2.75, 3.05) is 41.7 Å². The second-order valence-electron chi connectivity index (χ2n) is 11.9. The molecule has 8 nitrogen and oxygen atoms in total. The maximum atomic E-state index is 10.3. The standard InChI is InChI=1S/C32H33N7O/c33-32-30(16-28(35-36-32)27-5-1-2-6-31(27)40)38-18-23-7-8-24(19-38)39(23)22-11-12-34-21(15-22)4-3-13-37-17-20-14-29(37)26-10-9-25(20)26/h1-2,5-6,9-12,15-16,20,23-26,29,40H,7-8,13-14,17-19H2,(H2,33,36)/t20-,23?,24?,25-,26-,29-/m0/s1. The fourth-order valence-electron chi connectivity index (χ4n) is 7.92. The van der Waals surface area contributed by atoms with Gasteiger partial charge in [-0.05, 0) is 73.3 Å². The number of piperazine rings is 1. The Kier molecular flexibility index (Phi) is 5.49. The number of nitrogens with zero attached hydrogens (tertiary/aromatic N) is 6. The van der Waals surface area contributed by atoms with E-state index in [-0.39, 0.29) is 5.75 Å². The Morgan fingerprint density at radius 3 is 2.58 bits per heavy atom. The second-order valence-corrected chi connectivity index (χ2v) is 11.9. The van der Waals surface area contributed by atoms with Crippen LogP contribution in [-0.4, -0.2) is 69.5 Å². The monoisotopic (exact) mass is 531 g/mol. The highest BCUT2D eigenvalue weighted by Gasteiger charge is 2.52. The summed E-state index contributed by atoms with van der Waals surface area (Å²) in [4.78, 5) is 12.1. The lowest BCUT2D eigenvalue weighted by Crippen LogP contribution is -2.54. The van der Waals surface area contributed by atoms with E-state index >= 15 is 0 Å².